The van der Waals surface area contributed by atoms with Crippen LogP contribution in [0.2, 0.25) is 0 Å². The summed E-state index contributed by atoms with van der Waals surface area (Å²) in [6.45, 7) is 5.77. The highest BCUT2D eigenvalue weighted by atomic mass is 14.2. The molecule has 0 nitrogen and oxygen atoms in total. The van der Waals surface area contributed by atoms with Crippen LogP contribution in [-0.2, 0) is 19.3 Å². The molecule has 2 aromatic rings. The van der Waals surface area contributed by atoms with Crippen molar-refractivity contribution in [2.45, 2.75) is 26.2 Å². The third-order valence-electron chi connectivity index (χ3n) is 3.85. The molecule has 19 heavy (non-hydrogen) atoms. The van der Waals surface area contributed by atoms with E-state index < -0.39 is 0 Å². The van der Waals surface area contributed by atoms with E-state index in [1.807, 2.05) is 0 Å². The summed E-state index contributed by atoms with van der Waals surface area (Å²) in [7, 11) is 0. The predicted octanol–water partition coefficient (Wildman–Crippen LogP) is 4.56. The van der Waals surface area contributed by atoms with Gasteiger partial charge in [0.25, 0.3) is 0 Å². The highest BCUT2D eigenvalue weighted by Gasteiger charge is 2.15. The van der Waals surface area contributed by atoms with E-state index in [2.05, 4.69) is 61.7 Å². The molecule has 0 fully saturated rings. The molecule has 1 aliphatic rings. The molecule has 0 N–H and O–H groups in total. The summed E-state index contributed by atoms with van der Waals surface area (Å²) in [4.78, 5) is 0. The first-order valence-electron chi connectivity index (χ1n) is 6.83. The molecular formula is C19H18. The first-order valence-corrected chi connectivity index (χ1v) is 6.83. The molecule has 3 rings (SSSR count). The van der Waals surface area contributed by atoms with Crippen molar-refractivity contribution in [1.82, 2.24) is 0 Å². The van der Waals surface area contributed by atoms with Gasteiger partial charge in [-0.25, -0.2) is 0 Å². The SMILES string of the molecule is C=C=C(C)c1cccc(CCc2ccc3c(c2)C3)c1. The quantitative estimate of drug-likeness (QED) is 0.592. The molecule has 0 aliphatic heterocycles. The Hall–Kier alpha value is -2.04. The summed E-state index contributed by atoms with van der Waals surface area (Å²) in [5.74, 6) is 0. The summed E-state index contributed by atoms with van der Waals surface area (Å²) in [6, 6.07) is 15.6. The molecule has 0 saturated heterocycles. The van der Waals surface area contributed by atoms with Gasteiger partial charge >= 0.3 is 0 Å². The Labute approximate surface area is 115 Å². The number of allylic oxidation sites excluding steroid dienone is 1. The Kier molecular flexibility index (Phi) is 3.11. The first kappa shape index (κ1) is 12.0. The van der Waals surface area contributed by atoms with Gasteiger partial charge in [-0.05, 0) is 59.6 Å². The van der Waals surface area contributed by atoms with Crippen molar-refractivity contribution >= 4 is 5.57 Å². The molecule has 0 bridgehead atoms. The van der Waals surface area contributed by atoms with E-state index >= 15 is 0 Å². The highest BCUT2D eigenvalue weighted by Crippen LogP contribution is 2.28. The number of hydrogen-bond acceptors (Lipinski definition) is 0. The number of hydrogen-bond donors (Lipinski definition) is 0. The van der Waals surface area contributed by atoms with Crippen LogP contribution in [0.25, 0.3) is 5.57 Å². The molecule has 0 heterocycles. The van der Waals surface area contributed by atoms with E-state index in [0.717, 1.165) is 18.4 Å². The van der Waals surface area contributed by atoms with Gasteiger partial charge in [0.15, 0.2) is 0 Å². The van der Waals surface area contributed by atoms with Gasteiger partial charge in [0.1, 0.15) is 0 Å². The van der Waals surface area contributed by atoms with Crippen LogP contribution in [-0.4, -0.2) is 0 Å². The fourth-order valence-corrected chi connectivity index (χ4v) is 2.46. The minimum atomic E-state index is 1.09. The van der Waals surface area contributed by atoms with Gasteiger partial charge in [0.2, 0.25) is 0 Å². The highest BCUT2D eigenvalue weighted by molar-refractivity contribution is 5.63. The minimum Gasteiger partial charge on any atom is -0.125 e. The smallest absolute Gasteiger partial charge is 0.00200 e. The number of benzene rings is 2. The number of rotatable bonds is 4. The molecule has 0 heteroatoms. The van der Waals surface area contributed by atoms with E-state index in [1.54, 1.807) is 0 Å². The van der Waals surface area contributed by atoms with Gasteiger partial charge < -0.3 is 0 Å². The number of fused-ring (bicyclic) bond motifs is 1. The maximum Gasteiger partial charge on any atom is -0.00200 e. The van der Waals surface area contributed by atoms with Crippen molar-refractivity contribution in [3.05, 3.63) is 82.6 Å². The van der Waals surface area contributed by atoms with E-state index in [0.29, 0.717) is 0 Å². The first-order chi connectivity index (χ1) is 9.26. The van der Waals surface area contributed by atoms with E-state index in [1.165, 1.54) is 34.2 Å². The lowest BCUT2D eigenvalue weighted by molar-refractivity contribution is 0.960. The molecule has 0 radical (unpaired) electrons. The monoisotopic (exact) mass is 246 g/mol. The molecule has 94 valence electrons. The molecule has 1 aliphatic carbocycles. The van der Waals surface area contributed by atoms with Crippen LogP contribution in [0.5, 0.6) is 0 Å². The van der Waals surface area contributed by atoms with E-state index in [9.17, 15) is 0 Å². The second kappa shape index (κ2) is 4.91. The van der Waals surface area contributed by atoms with Crippen molar-refractivity contribution in [3.8, 4) is 0 Å². The van der Waals surface area contributed by atoms with Gasteiger partial charge in [0, 0.05) is 0 Å². The Bertz CT molecular complexity index is 670. The van der Waals surface area contributed by atoms with Crippen LogP contribution >= 0.6 is 0 Å². The Balaban J connectivity index is 1.71. The largest absolute Gasteiger partial charge is 0.125 e. The molecule has 0 unspecified atom stereocenters. The second-order valence-electron chi connectivity index (χ2n) is 5.28. The zero-order valence-electron chi connectivity index (χ0n) is 11.4. The molecule has 0 amide bonds. The summed E-state index contributed by atoms with van der Waals surface area (Å²) >= 11 is 0. The van der Waals surface area contributed by atoms with E-state index in [-0.39, 0.29) is 0 Å². The Morgan fingerprint density at radius 3 is 2.58 bits per heavy atom. The topological polar surface area (TPSA) is 0 Å². The van der Waals surface area contributed by atoms with Crippen LogP contribution in [0.4, 0.5) is 0 Å². The zero-order valence-corrected chi connectivity index (χ0v) is 11.4. The third kappa shape index (κ3) is 2.70. The predicted molar refractivity (Wildman–Crippen MR) is 81.3 cm³/mol. The fraction of sp³-hybridized carbons (Fsp3) is 0.211. The van der Waals surface area contributed by atoms with Crippen molar-refractivity contribution in [2.24, 2.45) is 0 Å². The van der Waals surface area contributed by atoms with Crippen LogP contribution in [0.1, 0.15) is 34.7 Å². The lowest BCUT2D eigenvalue weighted by Gasteiger charge is -2.05. The van der Waals surface area contributed by atoms with Gasteiger partial charge in [-0.3, -0.25) is 0 Å². The van der Waals surface area contributed by atoms with E-state index in [4.69, 9.17) is 0 Å². The summed E-state index contributed by atoms with van der Waals surface area (Å²) in [5, 5.41) is 0. The molecule has 0 atom stereocenters. The Morgan fingerprint density at radius 2 is 1.84 bits per heavy atom. The normalized spacial score (nSPS) is 11.6. The van der Waals surface area contributed by atoms with Gasteiger partial charge in [-0.2, -0.15) is 0 Å². The van der Waals surface area contributed by atoms with Crippen molar-refractivity contribution < 1.29 is 0 Å². The van der Waals surface area contributed by atoms with Crippen LogP contribution in [0, 0.1) is 0 Å². The minimum absolute atomic E-state index is 1.09. The fourth-order valence-electron chi connectivity index (χ4n) is 2.46. The third-order valence-corrected chi connectivity index (χ3v) is 3.85. The van der Waals surface area contributed by atoms with Crippen molar-refractivity contribution in [2.75, 3.05) is 0 Å². The summed E-state index contributed by atoms with van der Waals surface area (Å²) in [6.07, 6.45) is 3.42. The van der Waals surface area contributed by atoms with Crippen molar-refractivity contribution in [3.63, 3.8) is 0 Å². The van der Waals surface area contributed by atoms with Crippen LogP contribution in [0.3, 0.4) is 0 Å². The molecular weight excluding hydrogens is 228 g/mol. The maximum absolute atomic E-state index is 3.71. The molecule has 2 aromatic carbocycles. The average molecular weight is 246 g/mol. The number of aryl methyl sites for hydroxylation is 2. The molecule has 0 spiro atoms. The average Bonchev–Trinajstić information content (AvgIpc) is 3.23. The lowest BCUT2D eigenvalue weighted by Crippen LogP contribution is -1.92. The van der Waals surface area contributed by atoms with Crippen molar-refractivity contribution in [1.29, 1.82) is 0 Å². The molecule has 0 saturated carbocycles. The lowest BCUT2D eigenvalue weighted by atomic mass is 10.0. The summed E-state index contributed by atoms with van der Waals surface area (Å²) in [5.41, 5.74) is 11.2. The second-order valence-corrected chi connectivity index (χ2v) is 5.28. The van der Waals surface area contributed by atoms with Gasteiger partial charge in [-0.15, -0.1) is 5.73 Å². The zero-order chi connectivity index (χ0) is 13.2. The van der Waals surface area contributed by atoms with Gasteiger partial charge in [0.05, 0.1) is 0 Å². The van der Waals surface area contributed by atoms with Crippen LogP contribution < -0.4 is 0 Å². The standard InChI is InChI=1S/C19H18/c1-3-14(2)17-6-4-5-15(11-17)7-8-16-9-10-18-13-19(18)12-16/h4-6,9-12H,1,7-8,13H2,2H3. The molecule has 0 aromatic heterocycles. The van der Waals surface area contributed by atoms with Gasteiger partial charge in [-0.1, -0.05) is 49.0 Å². The maximum atomic E-state index is 3.71. The van der Waals surface area contributed by atoms with Crippen LogP contribution in [0.15, 0.2) is 54.8 Å². The summed E-state index contributed by atoms with van der Waals surface area (Å²) < 4.78 is 0. The Morgan fingerprint density at radius 1 is 1.05 bits per heavy atom.